The number of amides is 1. The van der Waals surface area contributed by atoms with Gasteiger partial charge in [-0.2, -0.15) is 0 Å². The van der Waals surface area contributed by atoms with Crippen LogP contribution in [0.4, 0.5) is 4.39 Å². The fraction of sp³-hybridized carbons (Fsp3) is 0.389. The Morgan fingerprint density at radius 2 is 2.04 bits per heavy atom. The smallest absolute Gasteiger partial charge is 0.275 e. The summed E-state index contributed by atoms with van der Waals surface area (Å²) in [6.45, 7) is 3.05. The Morgan fingerprint density at radius 1 is 1.32 bits per heavy atom. The van der Waals surface area contributed by atoms with Gasteiger partial charge in [0, 0.05) is 39.8 Å². The van der Waals surface area contributed by atoms with Gasteiger partial charge in [0.2, 0.25) is 5.09 Å². The fourth-order valence-corrected chi connectivity index (χ4v) is 3.94. The minimum atomic E-state index is -3.78. The third-order valence-corrected chi connectivity index (χ3v) is 6.27. The highest BCUT2D eigenvalue weighted by Crippen LogP contribution is 2.28. The van der Waals surface area contributed by atoms with Crippen LogP contribution in [0.5, 0.6) is 0 Å². The lowest BCUT2D eigenvalue weighted by Crippen LogP contribution is -2.48. The van der Waals surface area contributed by atoms with Crippen LogP contribution >= 0.6 is 12.4 Å². The molecule has 3 rings (SSSR count). The molecule has 1 unspecified atom stereocenters. The first-order chi connectivity index (χ1) is 12.7. The van der Waals surface area contributed by atoms with Crippen molar-refractivity contribution in [1.82, 2.24) is 14.5 Å². The number of nitrogens with zero attached hydrogens (tertiary/aromatic N) is 2. The molecule has 0 bridgehead atoms. The standard InChI is InChI=1S/C18H22FN3O4S.ClH/c1-12-15(10-17(26-12)27(24,25)21(2)3)18(23)22-8-7-20-11-16(22)13-5-4-6-14(19)9-13;/h4-6,9-10,16,20H,7-8,11H2,1-3H3;1H. The maximum absolute atomic E-state index is 13.6. The molecule has 1 saturated heterocycles. The Kier molecular flexibility index (Phi) is 6.87. The molecule has 1 amide bonds. The number of piperazine rings is 1. The molecule has 1 fully saturated rings. The van der Waals surface area contributed by atoms with E-state index in [1.807, 2.05) is 0 Å². The minimum Gasteiger partial charge on any atom is -0.448 e. The molecule has 0 saturated carbocycles. The normalized spacial score (nSPS) is 17.5. The van der Waals surface area contributed by atoms with Gasteiger partial charge in [-0.1, -0.05) is 12.1 Å². The second-order valence-corrected chi connectivity index (χ2v) is 8.68. The maximum Gasteiger partial charge on any atom is 0.275 e. The SMILES string of the molecule is Cc1oc(S(=O)(=O)N(C)C)cc1C(=O)N1CCNCC1c1cccc(F)c1.Cl. The van der Waals surface area contributed by atoms with Gasteiger partial charge >= 0.3 is 0 Å². The summed E-state index contributed by atoms with van der Waals surface area (Å²) in [5, 5.41) is 2.93. The minimum absolute atomic E-state index is 0. The van der Waals surface area contributed by atoms with Gasteiger partial charge in [-0.3, -0.25) is 4.79 Å². The van der Waals surface area contributed by atoms with E-state index in [1.165, 1.54) is 32.3 Å². The quantitative estimate of drug-likeness (QED) is 0.802. The average Bonchev–Trinajstić information content (AvgIpc) is 3.03. The molecule has 1 aromatic carbocycles. The molecule has 154 valence electrons. The Labute approximate surface area is 170 Å². The molecular weight excluding hydrogens is 409 g/mol. The van der Waals surface area contributed by atoms with E-state index in [0.29, 0.717) is 25.2 Å². The highest BCUT2D eigenvalue weighted by molar-refractivity contribution is 7.88. The van der Waals surface area contributed by atoms with Crippen molar-refractivity contribution in [2.45, 2.75) is 18.1 Å². The zero-order chi connectivity index (χ0) is 19.8. The molecule has 0 aliphatic carbocycles. The number of carbonyl (C=O) groups excluding carboxylic acids is 1. The van der Waals surface area contributed by atoms with Crippen LogP contribution in [0.3, 0.4) is 0 Å². The van der Waals surface area contributed by atoms with E-state index >= 15 is 0 Å². The zero-order valence-corrected chi connectivity index (χ0v) is 17.4. The Hall–Kier alpha value is -1.94. The van der Waals surface area contributed by atoms with Crippen molar-refractivity contribution < 1.29 is 22.0 Å². The molecule has 2 aromatic rings. The van der Waals surface area contributed by atoms with Crippen molar-refractivity contribution >= 4 is 28.3 Å². The number of hydrogen-bond donors (Lipinski definition) is 1. The summed E-state index contributed by atoms with van der Waals surface area (Å²) in [5.41, 5.74) is 0.872. The highest BCUT2D eigenvalue weighted by Gasteiger charge is 2.32. The summed E-state index contributed by atoms with van der Waals surface area (Å²) in [6.07, 6.45) is 0. The summed E-state index contributed by atoms with van der Waals surface area (Å²) in [4.78, 5) is 14.8. The molecule has 7 nitrogen and oxygen atoms in total. The van der Waals surface area contributed by atoms with Gasteiger partial charge in [-0.05, 0) is 24.6 Å². The number of halogens is 2. The number of carbonyl (C=O) groups is 1. The van der Waals surface area contributed by atoms with Crippen molar-refractivity contribution in [2.24, 2.45) is 0 Å². The number of furan rings is 1. The van der Waals surface area contributed by atoms with Crippen LogP contribution in [0.1, 0.15) is 27.7 Å². The topological polar surface area (TPSA) is 82.9 Å². The molecule has 1 atom stereocenters. The maximum atomic E-state index is 13.6. The lowest BCUT2D eigenvalue weighted by molar-refractivity contribution is 0.0632. The zero-order valence-electron chi connectivity index (χ0n) is 15.8. The number of sulfonamides is 1. The number of rotatable bonds is 4. The second-order valence-electron chi connectivity index (χ2n) is 6.60. The fourth-order valence-electron chi connectivity index (χ4n) is 3.09. The second kappa shape index (κ2) is 8.60. The summed E-state index contributed by atoms with van der Waals surface area (Å²) >= 11 is 0. The molecule has 10 heteroatoms. The van der Waals surface area contributed by atoms with Gasteiger partial charge in [0.05, 0.1) is 11.6 Å². The third-order valence-electron chi connectivity index (χ3n) is 4.60. The molecular formula is C18H23ClFN3O4S. The van der Waals surface area contributed by atoms with Crippen LogP contribution in [-0.4, -0.2) is 57.3 Å². The highest BCUT2D eigenvalue weighted by atomic mass is 35.5. The van der Waals surface area contributed by atoms with E-state index in [4.69, 9.17) is 4.42 Å². The molecule has 0 spiro atoms. The lowest BCUT2D eigenvalue weighted by atomic mass is 10.0. The van der Waals surface area contributed by atoms with Crippen LogP contribution in [0.15, 0.2) is 39.8 Å². The van der Waals surface area contributed by atoms with E-state index in [0.717, 1.165) is 4.31 Å². The molecule has 1 aliphatic heterocycles. The molecule has 28 heavy (non-hydrogen) atoms. The summed E-state index contributed by atoms with van der Waals surface area (Å²) in [7, 11) is -0.992. The summed E-state index contributed by atoms with van der Waals surface area (Å²) < 4.78 is 44.6. The van der Waals surface area contributed by atoms with E-state index in [2.05, 4.69) is 5.32 Å². The van der Waals surface area contributed by atoms with Crippen LogP contribution in [-0.2, 0) is 10.0 Å². The first-order valence-corrected chi connectivity index (χ1v) is 9.96. The van der Waals surface area contributed by atoms with Crippen LogP contribution < -0.4 is 5.32 Å². The number of nitrogens with one attached hydrogen (secondary N) is 1. The Bertz CT molecular complexity index is 961. The van der Waals surface area contributed by atoms with E-state index in [9.17, 15) is 17.6 Å². The summed E-state index contributed by atoms with van der Waals surface area (Å²) in [5.74, 6) is -0.478. The first-order valence-electron chi connectivity index (χ1n) is 8.52. The predicted octanol–water partition coefficient (Wildman–Crippen LogP) is 2.19. The number of aryl methyl sites for hydroxylation is 1. The third kappa shape index (κ3) is 4.22. The van der Waals surface area contributed by atoms with Gasteiger partial charge in [0.15, 0.2) is 0 Å². The van der Waals surface area contributed by atoms with Gasteiger partial charge in [0.25, 0.3) is 15.9 Å². The molecule has 2 heterocycles. The largest absolute Gasteiger partial charge is 0.448 e. The molecule has 1 N–H and O–H groups in total. The van der Waals surface area contributed by atoms with Crippen molar-refractivity contribution in [3.63, 3.8) is 0 Å². The number of hydrogen-bond acceptors (Lipinski definition) is 5. The molecule has 1 aromatic heterocycles. The van der Waals surface area contributed by atoms with E-state index in [1.54, 1.807) is 24.0 Å². The van der Waals surface area contributed by atoms with Crippen LogP contribution in [0, 0.1) is 12.7 Å². The summed E-state index contributed by atoms with van der Waals surface area (Å²) in [6, 6.07) is 7.03. The average molecular weight is 432 g/mol. The predicted molar refractivity (Wildman–Crippen MR) is 105 cm³/mol. The van der Waals surface area contributed by atoms with Gasteiger partial charge in [-0.15, -0.1) is 12.4 Å². The molecule has 1 aliphatic rings. The van der Waals surface area contributed by atoms with Gasteiger partial charge < -0.3 is 14.6 Å². The number of benzene rings is 1. The van der Waals surface area contributed by atoms with Crippen molar-refractivity contribution in [3.8, 4) is 0 Å². The molecule has 0 radical (unpaired) electrons. The van der Waals surface area contributed by atoms with Crippen LogP contribution in [0.2, 0.25) is 0 Å². The Morgan fingerprint density at radius 3 is 2.68 bits per heavy atom. The lowest BCUT2D eigenvalue weighted by Gasteiger charge is -2.36. The van der Waals surface area contributed by atoms with Gasteiger partial charge in [-0.25, -0.2) is 17.1 Å². The van der Waals surface area contributed by atoms with Crippen molar-refractivity contribution in [1.29, 1.82) is 0 Å². The monoisotopic (exact) mass is 431 g/mol. The van der Waals surface area contributed by atoms with Crippen molar-refractivity contribution in [3.05, 3.63) is 53.0 Å². The van der Waals surface area contributed by atoms with Crippen LogP contribution in [0.25, 0.3) is 0 Å². The Balaban J connectivity index is 0.00000280. The van der Waals surface area contributed by atoms with E-state index in [-0.39, 0.29) is 46.6 Å². The first kappa shape index (κ1) is 22.4. The van der Waals surface area contributed by atoms with Gasteiger partial charge in [0.1, 0.15) is 11.6 Å². The van der Waals surface area contributed by atoms with E-state index < -0.39 is 10.0 Å². The van der Waals surface area contributed by atoms with Crippen molar-refractivity contribution in [2.75, 3.05) is 33.7 Å².